The Bertz CT molecular complexity index is 418. The van der Waals surface area contributed by atoms with Crippen molar-refractivity contribution >= 4 is 5.91 Å². The van der Waals surface area contributed by atoms with Crippen LogP contribution >= 0.6 is 0 Å². The van der Waals surface area contributed by atoms with Gasteiger partial charge in [-0.05, 0) is 36.5 Å². The molecule has 0 bridgehead atoms. The van der Waals surface area contributed by atoms with Crippen molar-refractivity contribution in [3.05, 3.63) is 29.3 Å². The molecule has 0 aromatic heterocycles. The number of carbonyl (C=O) groups excluding carboxylic acids is 1. The zero-order valence-electron chi connectivity index (χ0n) is 10.4. The van der Waals surface area contributed by atoms with Gasteiger partial charge < -0.3 is 15.2 Å². The Labute approximate surface area is 107 Å². The Hall–Kier alpha value is -1.55. The average molecular weight is 249 g/mol. The number of benzene rings is 1. The lowest BCUT2D eigenvalue weighted by molar-refractivity contribution is -0.120. The van der Waals surface area contributed by atoms with E-state index in [0.29, 0.717) is 19.4 Å². The third kappa shape index (κ3) is 3.47. The third-order valence-electron chi connectivity index (χ3n) is 2.99. The Morgan fingerprint density at radius 3 is 3.17 bits per heavy atom. The van der Waals surface area contributed by atoms with Crippen LogP contribution in [0.3, 0.4) is 0 Å². The molecule has 1 aromatic carbocycles. The van der Waals surface area contributed by atoms with E-state index in [2.05, 4.69) is 11.4 Å². The van der Waals surface area contributed by atoms with Crippen LogP contribution in [0.4, 0.5) is 0 Å². The summed E-state index contributed by atoms with van der Waals surface area (Å²) in [5.74, 6) is 0.950. The van der Waals surface area contributed by atoms with Gasteiger partial charge in [-0.1, -0.05) is 12.1 Å². The van der Waals surface area contributed by atoms with Crippen LogP contribution in [0.1, 0.15) is 24.0 Å². The first-order chi connectivity index (χ1) is 8.79. The molecule has 2 rings (SSSR count). The zero-order chi connectivity index (χ0) is 12.8. The maximum atomic E-state index is 11.6. The molecule has 4 heteroatoms. The summed E-state index contributed by atoms with van der Waals surface area (Å²) in [5, 5.41) is 11.4. The summed E-state index contributed by atoms with van der Waals surface area (Å²) >= 11 is 0. The van der Waals surface area contributed by atoms with Crippen molar-refractivity contribution in [3.63, 3.8) is 0 Å². The Morgan fingerprint density at radius 2 is 2.33 bits per heavy atom. The van der Waals surface area contributed by atoms with E-state index in [9.17, 15) is 4.79 Å². The summed E-state index contributed by atoms with van der Waals surface area (Å²) in [6.45, 7) is 1.42. The predicted octanol–water partition coefficient (Wildman–Crippen LogP) is 1.05. The van der Waals surface area contributed by atoms with E-state index >= 15 is 0 Å². The van der Waals surface area contributed by atoms with E-state index in [1.165, 1.54) is 5.56 Å². The summed E-state index contributed by atoms with van der Waals surface area (Å²) < 4.78 is 5.53. The number of carbonyl (C=O) groups is 1. The Kier molecular flexibility index (Phi) is 4.59. The molecule has 1 aliphatic heterocycles. The maximum Gasteiger partial charge on any atom is 0.224 e. The first-order valence-corrected chi connectivity index (χ1v) is 6.42. The van der Waals surface area contributed by atoms with Crippen molar-refractivity contribution < 1.29 is 14.6 Å². The van der Waals surface area contributed by atoms with Gasteiger partial charge in [0.05, 0.1) is 13.0 Å². The topological polar surface area (TPSA) is 58.6 Å². The molecule has 0 saturated heterocycles. The molecule has 0 saturated carbocycles. The van der Waals surface area contributed by atoms with Gasteiger partial charge in [0.25, 0.3) is 0 Å². The van der Waals surface area contributed by atoms with Crippen LogP contribution < -0.4 is 10.1 Å². The molecular formula is C14H19NO3. The van der Waals surface area contributed by atoms with E-state index in [1.807, 2.05) is 12.1 Å². The van der Waals surface area contributed by atoms with Crippen LogP contribution in [-0.4, -0.2) is 30.8 Å². The third-order valence-corrected chi connectivity index (χ3v) is 2.99. The lowest BCUT2D eigenvalue weighted by Gasteiger charge is -2.17. The summed E-state index contributed by atoms with van der Waals surface area (Å²) in [6.07, 6.45) is 3.05. The molecule has 0 spiro atoms. The molecule has 0 unspecified atom stereocenters. The smallest absolute Gasteiger partial charge is 0.224 e. The fraction of sp³-hybridized carbons (Fsp3) is 0.500. The molecule has 98 valence electrons. The lowest BCUT2D eigenvalue weighted by atomic mass is 10.0. The van der Waals surface area contributed by atoms with Crippen LogP contribution in [0.15, 0.2) is 18.2 Å². The Morgan fingerprint density at radius 1 is 1.44 bits per heavy atom. The fourth-order valence-corrected chi connectivity index (χ4v) is 2.08. The minimum Gasteiger partial charge on any atom is -0.493 e. The number of hydrogen-bond acceptors (Lipinski definition) is 3. The van der Waals surface area contributed by atoms with E-state index in [0.717, 1.165) is 30.8 Å². The second kappa shape index (κ2) is 6.40. The highest BCUT2D eigenvalue weighted by Gasteiger charge is 2.11. The van der Waals surface area contributed by atoms with Crippen molar-refractivity contribution in [2.45, 2.75) is 25.7 Å². The van der Waals surface area contributed by atoms with Gasteiger partial charge in [0.1, 0.15) is 5.75 Å². The van der Waals surface area contributed by atoms with Crippen molar-refractivity contribution in [2.75, 3.05) is 19.8 Å². The van der Waals surface area contributed by atoms with E-state index in [4.69, 9.17) is 9.84 Å². The minimum absolute atomic E-state index is 0.000118. The standard InChI is InChI=1S/C14H19NO3/c16-7-2-6-15-14(17)10-11-4-5-13-12(9-11)3-1-8-18-13/h4-5,9,16H,1-3,6-8,10H2,(H,15,17). The van der Waals surface area contributed by atoms with Crippen LogP contribution in [0.2, 0.25) is 0 Å². The monoisotopic (exact) mass is 249 g/mol. The highest BCUT2D eigenvalue weighted by molar-refractivity contribution is 5.78. The fourth-order valence-electron chi connectivity index (χ4n) is 2.08. The number of aliphatic hydroxyl groups is 1. The van der Waals surface area contributed by atoms with Gasteiger partial charge in [-0.2, -0.15) is 0 Å². The number of rotatable bonds is 5. The zero-order valence-corrected chi connectivity index (χ0v) is 10.4. The van der Waals surface area contributed by atoms with E-state index < -0.39 is 0 Å². The highest BCUT2D eigenvalue weighted by atomic mass is 16.5. The van der Waals surface area contributed by atoms with Crippen LogP contribution in [-0.2, 0) is 17.6 Å². The molecule has 0 radical (unpaired) electrons. The normalized spacial score (nSPS) is 13.6. The van der Waals surface area contributed by atoms with Gasteiger partial charge in [0, 0.05) is 13.2 Å². The number of amides is 1. The van der Waals surface area contributed by atoms with Gasteiger partial charge in [-0.15, -0.1) is 0 Å². The van der Waals surface area contributed by atoms with Crippen molar-refractivity contribution in [3.8, 4) is 5.75 Å². The molecule has 1 amide bonds. The molecule has 0 fully saturated rings. The number of aliphatic hydroxyl groups excluding tert-OH is 1. The number of ether oxygens (including phenoxy) is 1. The SMILES string of the molecule is O=C(Cc1ccc2c(c1)CCCO2)NCCCO. The molecule has 0 aliphatic carbocycles. The lowest BCUT2D eigenvalue weighted by Crippen LogP contribution is -2.26. The van der Waals surface area contributed by atoms with Crippen LogP contribution in [0.25, 0.3) is 0 Å². The molecule has 1 aromatic rings. The van der Waals surface area contributed by atoms with Gasteiger partial charge in [-0.25, -0.2) is 0 Å². The quantitative estimate of drug-likeness (QED) is 0.767. The van der Waals surface area contributed by atoms with Crippen molar-refractivity contribution in [2.24, 2.45) is 0 Å². The van der Waals surface area contributed by atoms with Crippen molar-refractivity contribution in [1.82, 2.24) is 5.32 Å². The first-order valence-electron chi connectivity index (χ1n) is 6.42. The molecule has 1 aliphatic rings. The molecular weight excluding hydrogens is 230 g/mol. The predicted molar refractivity (Wildman–Crippen MR) is 68.7 cm³/mol. The Balaban J connectivity index is 1.91. The summed E-state index contributed by atoms with van der Waals surface area (Å²) in [5.41, 5.74) is 2.21. The largest absolute Gasteiger partial charge is 0.493 e. The second-order valence-corrected chi connectivity index (χ2v) is 4.50. The van der Waals surface area contributed by atoms with Crippen LogP contribution in [0, 0.1) is 0 Å². The molecule has 18 heavy (non-hydrogen) atoms. The minimum atomic E-state index is 0.000118. The highest BCUT2D eigenvalue weighted by Crippen LogP contribution is 2.25. The summed E-state index contributed by atoms with van der Waals surface area (Å²) in [7, 11) is 0. The van der Waals surface area contributed by atoms with Crippen LogP contribution in [0.5, 0.6) is 5.75 Å². The molecule has 0 atom stereocenters. The number of fused-ring (bicyclic) bond motifs is 1. The number of nitrogens with one attached hydrogen (secondary N) is 1. The maximum absolute atomic E-state index is 11.6. The first kappa shape index (κ1) is 12.9. The average Bonchev–Trinajstić information content (AvgIpc) is 2.39. The van der Waals surface area contributed by atoms with E-state index in [1.54, 1.807) is 0 Å². The molecule has 2 N–H and O–H groups in total. The summed E-state index contributed by atoms with van der Waals surface area (Å²) in [6, 6.07) is 5.95. The molecule has 1 heterocycles. The number of aryl methyl sites for hydroxylation is 1. The van der Waals surface area contributed by atoms with Gasteiger partial charge in [0.15, 0.2) is 0 Å². The van der Waals surface area contributed by atoms with Gasteiger partial charge in [-0.3, -0.25) is 4.79 Å². The van der Waals surface area contributed by atoms with Crippen molar-refractivity contribution in [1.29, 1.82) is 0 Å². The summed E-state index contributed by atoms with van der Waals surface area (Å²) in [4.78, 5) is 11.6. The molecule has 4 nitrogen and oxygen atoms in total. The second-order valence-electron chi connectivity index (χ2n) is 4.50. The van der Waals surface area contributed by atoms with Gasteiger partial charge >= 0.3 is 0 Å². The van der Waals surface area contributed by atoms with E-state index in [-0.39, 0.29) is 12.5 Å². The number of hydrogen-bond donors (Lipinski definition) is 2. The van der Waals surface area contributed by atoms with Gasteiger partial charge in [0.2, 0.25) is 5.91 Å².